The number of rotatable bonds is 5. The van der Waals surface area contributed by atoms with Gasteiger partial charge >= 0.3 is 6.03 Å². The lowest BCUT2D eigenvalue weighted by Gasteiger charge is -2.29. The summed E-state index contributed by atoms with van der Waals surface area (Å²) in [5, 5.41) is 13.0. The fourth-order valence-electron chi connectivity index (χ4n) is 3.29. The number of aliphatic hydroxyl groups is 1. The molecule has 1 atom stereocenters. The minimum atomic E-state index is -0.161. The van der Waals surface area contributed by atoms with Gasteiger partial charge in [-0.3, -0.25) is 0 Å². The van der Waals surface area contributed by atoms with E-state index in [1.54, 1.807) is 11.0 Å². The number of fused-ring (bicyclic) bond motifs is 1. The highest BCUT2D eigenvalue weighted by molar-refractivity contribution is 6.30. The van der Waals surface area contributed by atoms with Gasteiger partial charge in [0.05, 0.1) is 12.6 Å². The molecule has 0 fully saturated rings. The molecule has 0 saturated heterocycles. The van der Waals surface area contributed by atoms with Crippen molar-refractivity contribution in [2.45, 2.75) is 25.4 Å². The molecular formula is C19H21ClN2O2. The number of aliphatic hydroxyl groups excluding tert-OH is 1. The first-order valence-electron chi connectivity index (χ1n) is 8.16. The Morgan fingerprint density at radius 2 is 2.08 bits per heavy atom. The minimum Gasteiger partial charge on any atom is -0.395 e. The van der Waals surface area contributed by atoms with Crippen LogP contribution in [0, 0.1) is 0 Å². The first kappa shape index (κ1) is 16.8. The first-order chi connectivity index (χ1) is 11.7. The Bertz CT molecular complexity index is 720. The van der Waals surface area contributed by atoms with Gasteiger partial charge in [-0.15, -0.1) is 0 Å². The van der Waals surface area contributed by atoms with Crippen LogP contribution in [0.1, 0.15) is 29.2 Å². The largest absolute Gasteiger partial charge is 0.395 e. The van der Waals surface area contributed by atoms with E-state index in [4.69, 9.17) is 11.6 Å². The molecule has 0 saturated carbocycles. The molecule has 2 N–H and O–H groups in total. The maximum Gasteiger partial charge on any atom is 0.318 e. The van der Waals surface area contributed by atoms with E-state index in [0.29, 0.717) is 18.1 Å². The second kappa shape index (κ2) is 7.69. The average Bonchev–Trinajstić information content (AvgIpc) is 3.01. The summed E-state index contributed by atoms with van der Waals surface area (Å²) in [7, 11) is 0. The van der Waals surface area contributed by atoms with Crippen molar-refractivity contribution in [1.82, 2.24) is 10.2 Å². The summed E-state index contributed by atoms with van der Waals surface area (Å²) in [6.45, 7) is 0.680. The van der Waals surface area contributed by atoms with Gasteiger partial charge in [0, 0.05) is 18.1 Å². The summed E-state index contributed by atoms with van der Waals surface area (Å²) in [6, 6.07) is 15.5. The summed E-state index contributed by atoms with van der Waals surface area (Å²) in [6.07, 6.45) is 1.86. The van der Waals surface area contributed by atoms with Crippen LogP contribution in [-0.4, -0.2) is 29.2 Å². The van der Waals surface area contributed by atoms with Crippen LogP contribution < -0.4 is 5.32 Å². The Balaban J connectivity index is 1.70. The van der Waals surface area contributed by atoms with Crippen LogP contribution in [0.15, 0.2) is 48.5 Å². The van der Waals surface area contributed by atoms with Crippen molar-refractivity contribution in [3.8, 4) is 0 Å². The molecule has 4 nitrogen and oxygen atoms in total. The number of hydrogen-bond donors (Lipinski definition) is 2. The van der Waals surface area contributed by atoms with E-state index in [0.717, 1.165) is 18.4 Å². The van der Waals surface area contributed by atoms with Crippen molar-refractivity contribution >= 4 is 17.6 Å². The average molecular weight is 345 g/mol. The highest BCUT2D eigenvalue weighted by Crippen LogP contribution is 2.35. The number of amides is 2. The zero-order valence-electron chi connectivity index (χ0n) is 13.4. The van der Waals surface area contributed by atoms with Gasteiger partial charge in [-0.25, -0.2) is 4.79 Å². The molecule has 5 heteroatoms. The molecule has 1 unspecified atom stereocenters. The summed E-state index contributed by atoms with van der Waals surface area (Å²) >= 11 is 5.98. The molecule has 126 valence electrons. The second-order valence-corrected chi connectivity index (χ2v) is 6.40. The third-order valence-corrected chi connectivity index (χ3v) is 4.65. The molecule has 2 aromatic carbocycles. The summed E-state index contributed by atoms with van der Waals surface area (Å²) in [4.78, 5) is 14.4. The van der Waals surface area contributed by atoms with Crippen molar-refractivity contribution in [2.75, 3.05) is 13.2 Å². The number of carbonyl (C=O) groups excluding carboxylic acids is 1. The molecule has 0 aliphatic heterocycles. The van der Waals surface area contributed by atoms with Gasteiger partial charge in [-0.05, 0) is 41.7 Å². The van der Waals surface area contributed by atoms with Gasteiger partial charge in [0.15, 0.2) is 0 Å². The molecule has 2 aromatic rings. The molecule has 3 rings (SSSR count). The molecule has 0 bridgehead atoms. The monoisotopic (exact) mass is 344 g/mol. The minimum absolute atomic E-state index is 0.0210. The van der Waals surface area contributed by atoms with Crippen LogP contribution >= 0.6 is 11.6 Å². The van der Waals surface area contributed by atoms with E-state index >= 15 is 0 Å². The maximum atomic E-state index is 12.7. The van der Waals surface area contributed by atoms with Crippen molar-refractivity contribution in [3.63, 3.8) is 0 Å². The van der Waals surface area contributed by atoms with Crippen LogP contribution in [0.5, 0.6) is 0 Å². The van der Waals surface area contributed by atoms with E-state index in [-0.39, 0.29) is 18.7 Å². The predicted octanol–water partition coefficient (Wildman–Crippen LogP) is 3.53. The highest BCUT2D eigenvalue weighted by Gasteiger charge is 2.30. The number of urea groups is 1. The quantitative estimate of drug-likeness (QED) is 0.871. The summed E-state index contributed by atoms with van der Waals surface area (Å²) in [5.41, 5.74) is 3.42. The summed E-state index contributed by atoms with van der Waals surface area (Å²) < 4.78 is 0. The maximum absolute atomic E-state index is 12.7. The van der Waals surface area contributed by atoms with Gasteiger partial charge in [0.1, 0.15) is 0 Å². The smallest absolute Gasteiger partial charge is 0.318 e. The number of carbonyl (C=O) groups is 1. The second-order valence-electron chi connectivity index (χ2n) is 5.96. The van der Waals surface area contributed by atoms with Gasteiger partial charge < -0.3 is 15.3 Å². The number of hydrogen-bond acceptors (Lipinski definition) is 2. The van der Waals surface area contributed by atoms with Crippen LogP contribution in [0.2, 0.25) is 5.02 Å². The zero-order chi connectivity index (χ0) is 16.9. The molecule has 24 heavy (non-hydrogen) atoms. The molecule has 0 heterocycles. The van der Waals surface area contributed by atoms with Gasteiger partial charge in [0.2, 0.25) is 0 Å². The number of nitrogens with one attached hydrogen (secondary N) is 1. The van der Waals surface area contributed by atoms with Crippen molar-refractivity contribution < 1.29 is 9.90 Å². The van der Waals surface area contributed by atoms with E-state index < -0.39 is 0 Å². The number of benzene rings is 2. The number of halogens is 1. The third kappa shape index (κ3) is 3.71. The van der Waals surface area contributed by atoms with Gasteiger partial charge in [-0.2, -0.15) is 0 Å². The molecule has 0 radical (unpaired) electrons. The lowest BCUT2D eigenvalue weighted by Crippen LogP contribution is -2.43. The molecular weight excluding hydrogens is 324 g/mol. The number of aryl methyl sites for hydroxylation is 1. The normalized spacial score (nSPS) is 15.8. The molecule has 1 aliphatic rings. The van der Waals surface area contributed by atoms with Crippen LogP contribution in [0.4, 0.5) is 4.79 Å². The van der Waals surface area contributed by atoms with Gasteiger partial charge in [0.25, 0.3) is 0 Å². The van der Waals surface area contributed by atoms with E-state index in [9.17, 15) is 9.90 Å². The molecule has 1 aliphatic carbocycles. The standard InChI is InChI=1S/C19H21ClN2O2/c20-16-6-3-4-14(12-16)13-21-19(24)22(10-11-23)18-9-8-15-5-1-2-7-17(15)18/h1-7,12,18,23H,8-11,13H2,(H,21,24). The van der Waals surface area contributed by atoms with Crippen molar-refractivity contribution in [1.29, 1.82) is 0 Å². The first-order valence-corrected chi connectivity index (χ1v) is 8.54. The number of nitrogens with zero attached hydrogens (tertiary/aromatic N) is 1. The summed E-state index contributed by atoms with van der Waals surface area (Å²) in [5.74, 6) is 0. The zero-order valence-corrected chi connectivity index (χ0v) is 14.2. The van der Waals surface area contributed by atoms with Crippen LogP contribution in [0.3, 0.4) is 0 Å². The lowest BCUT2D eigenvalue weighted by molar-refractivity contribution is 0.151. The molecule has 0 aromatic heterocycles. The SMILES string of the molecule is O=C(NCc1cccc(Cl)c1)N(CCO)C1CCc2ccccc21. The van der Waals surface area contributed by atoms with Gasteiger partial charge in [-0.1, -0.05) is 48.0 Å². The predicted molar refractivity (Wildman–Crippen MR) is 95.0 cm³/mol. The topological polar surface area (TPSA) is 52.6 Å². The Morgan fingerprint density at radius 3 is 2.88 bits per heavy atom. The van der Waals surface area contributed by atoms with E-state index in [2.05, 4.69) is 17.4 Å². The fraction of sp³-hybridized carbons (Fsp3) is 0.316. The molecule has 0 spiro atoms. The van der Waals surface area contributed by atoms with Crippen LogP contribution in [-0.2, 0) is 13.0 Å². The highest BCUT2D eigenvalue weighted by atomic mass is 35.5. The van der Waals surface area contributed by atoms with Crippen molar-refractivity contribution in [3.05, 3.63) is 70.2 Å². The Morgan fingerprint density at radius 1 is 1.25 bits per heavy atom. The Labute approximate surface area is 147 Å². The van der Waals surface area contributed by atoms with Crippen LogP contribution in [0.25, 0.3) is 0 Å². The lowest BCUT2D eigenvalue weighted by atomic mass is 10.1. The van der Waals surface area contributed by atoms with Crippen molar-refractivity contribution in [2.24, 2.45) is 0 Å². The van der Waals surface area contributed by atoms with E-state index in [1.165, 1.54) is 11.1 Å². The Hall–Kier alpha value is -2.04. The Kier molecular flexibility index (Phi) is 5.38. The molecule has 2 amide bonds. The third-order valence-electron chi connectivity index (χ3n) is 4.41. The van der Waals surface area contributed by atoms with E-state index in [1.807, 2.05) is 30.3 Å². The fourth-order valence-corrected chi connectivity index (χ4v) is 3.50.